The summed E-state index contributed by atoms with van der Waals surface area (Å²) in [6, 6.07) is 17.6. The summed E-state index contributed by atoms with van der Waals surface area (Å²) in [5.41, 5.74) is 4.97. The smallest absolute Gasteiger partial charge is 0.226 e. The number of aryl methyl sites for hydroxylation is 2. The van der Waals surface area contributed by atoms with Crippen molar-refractivity contribution in [3.05, 3.63) is 83.4 Å². The lowest BCUT2D eigenvalue weighted by Gasteiger charge is -2.26. The molecule has 4 rings (SSSR count). The molecule has 3 aromatic rings. The number of carbonyl (C=O) groups excluding carboxylic acids is 1. The number of carbonyl (C=O) groups is 1. The van der Waals surface area contributed by atoms with Crippen molar-refractivity contribution in [2.24, 2.45) is 0 Å². The van der Waals surface area contributed by atoms with Gasteiger partial charge in [0, 0.05) is 36.2 Å². The molecule has 30 heavy (non-hydrogen) atoms. The van der Waals surface area contributed by atoms with Crippen molar-refractivity contribution < 1.29 is 4.79 Å². The number of anilines is 1. The molecule has 0 spiro atoms. The molecule has 1 saturated heterocycles. The molecule has 0 radical (unpaired) electrons. The molecular formula is C23H25N5OS. The highest BCUT2D eigenvalue weighted by molar-refractivity contribution is 7.80. The van der Waals surface area contributed by atoms with E-state index in [2.05, 4.69) is 37.6 Å². The van der Waals surface area contributed by atoms with Crippen LogP contribution in [-0.4, -0.2) is 32.4 Å². The quantitative estimate of drug-likeness (QED) is 0.526. The van der Waals surface area contributed by atoms with Gasteiger partial charge in [-0.2, -0.15) is 0 Å². The molecule has 0 bridgehead atoms. The maximum atomic E-state index is 12.6. The van der Waals surface area contributed by atoms with Crippen LogP contribution in [0.3, 0.4) is 0 Å². The molecule has 3 heterocycles. The fraction of sp³-hybridized carbons (Fsp3) is 0.261. The predicted octanol–water partition coefficient (Wildman–Crippen LogP) is 4.03. The van der Waals surface area contributed by atoms with Crippen molar-refractivity contribution in [1.29, 1.82) is 0 Å². The van der Waals surface area contributed by atoms with Crippen LogP contribution in [0, 0.1) is 13.8 Å². The van der Waals surface area contributed by atoms with Crippen LogP contribution in [-0.2, 0) is 4.79 Å². The summed E-state index contributed by atoms with van der Waals surface area (Å²) < 4.78 is 0. The second kappa shape index (κ2) is 8.67. The van der Waals surface area contributed by atoms with E-state index in [1.54, 1.807) is 6.20 Å². The molecular weight excluding hydrogens is 394 g/mol. The molecule has 154 valence electrons. The summed E-state index contributed by atoms with van der Waals surface area (Å²) in [4.78, 5) is 22.6. The molecule has 1 aromatic carbocycles. The Morgan fingerprint density at radius 1 is 1.17 bits per heavy atom. The number of rotatable bonds is 6. The van der Waals surface area contributed by atoms with Crippen molar-refractivity contribution in [2.45, 2.75) is 32.4 Å². The highest BCUT2D eigenvalue weighted by Crippen LogP contribution is 2.38. The van der Waals surface area contributed by atoms with Gasteiger partial charge in [0.1, 0.15) is 0 Å². The standard InChI is InChI=1S/C23H25N5OS/c1-15-6-5-7-17(14-15)26-20(29)11-13-28-22(19-10-9-16(2)25-19)21(27-23(28)30)18-8-3-4-12-24-18/h3-10,12,14,21-22,25H,11,13H2,1-2H3,(H,26,29)(H,27,30)/t21-,22+/m0/s1. The maximum absolute atomic E-state index is 12.6. The molecule has 7 heteroatoms. The number of nitrogens with one attached hydrogen (secondary N) is 3. The molecule has 0 aliphatic carbocycles. The van der Waals surface area contributed by atoms with E-state index >= 15 is 0 Å². The van der Waals surface area contributed by atoms with E-state index in [0.717, 1.165) is 28.3 Å². The number of thiocarbonyl (C=S) groups is 1. The summed E-state index contributed by atoms with van der Waals surface area (Å²) in [5.74, 6) is -0.0360. The van der Waals surface area contributed by atoms with E-state index in [0.29, 0.717) is 18.1 Å². The summed E-state index contributed by atoms with van der Waals surface area (Å²) in [6.45, 7) is 4.54. The van der Waals surface area contributed by atoms with Crippen molar-refractivity contribution in [1.82, 2.24) is 20.2 Å². The summed E-state index contributed by atoms with van der Waals surface area (Å²) in [5, 5.41) is 7.01. The van der Waals surface area contributed by atoms with Gasteiger partial charge in [-0.05, 0) is 68.0 Å². The average molecular weight is 420 g/mol. The molecule has 1 fully saturated rings. The highest BCUT2D eigenvalue weighted by atomic mass is 32.1. The molecule has 0 unspecified atom stereocenters. The fourth-order valence-electron chi connectivity index (χ4n) is 3.85. The number of aromatic nitrogens is 2. The Morgan fingerprint density at radius 2 is 2.03 bits per heavy atom. The maximum Gasteiger partial charge on any atom is 0.226 e. The lowest BCUT2D eigenvalue weighted by atomic mass is 10.0. The largest absolute Gasteiger partial charge is 0.361 e. The van der Waals surface area contributed by atoms with E-state index in [-0.39, 0.29) is 18.0 Å². The van der Waals surface area contributed by atoms with Crippen LogP contribution in [0.1, 0.15) is 41.1 Å². The number of hydrogen-bond donors (Lipinski definition) is 3. The van der Waals surface area contributed by atoms with Gasteiger partial charge in [-0.3, -0.25) is 9.78 Å². The molecule has 2 atom stereocenters. The molecule has 0 saturated carbocycles. The molecule has 3 N–H and O–H groups in total. The van der Waals surface area contributed by atoms with Gasteiger partial charge in [-0.15, -0.1) is 0 Å². The molecule has 1 aliphatic rings. The summed E-state index contributed by atoms with van der Waals surface area (Å²) in [6.07, 6.45) is 2.12. The molecule has 2 aromatic heterocycles. The zero-order chi connectivity index (χ0) is 21.1. The zero-order valence-corrected chi connectivity index (χ0v) is 17.9. The second-order valence-electron chi connectivity index (χ2n) is 7.58. The van der Waals surface area contributed by atoms with E-state index < -0.39 is 0 Å². The first-order valence-electron chi connectivity index (χ1n) is 10.0. The fourth-order valence-corrected chi connectivity index (χ4v) is 4.18. The Morgan fingerprint density at radius 3 is 2.73 bits per heavy atom. The van der Waals surface area contributed by atoms with Gasteiger partial charge in [0.2, 0.25) is 5.91 Å². The third-order valence-corrected chi connectivity index (χ3v) is 5.60. The Bertz CT molecular complexity index is 1050. The van der Waals surface area contributed by atoms with E-state index in [1.807, 2.05) is 56.3 Å². The monoisotopic (exact) mass is 419 g/mol. The minimum absolute atomic E-state index is 0.0360. The first-order valence-corrected chi connectivity index (χ1v) is 10.4. The van der Waals surface area contributed by atoms with Crippen LogP contribution in [0.4, 0.5) is 5.69 Å². The number of benzene rings is 1. The second-order valence-corrected chi connectivity index (χ2v) is 7.97. The number of nitrogens with zero attached hydrogens (tertiary/aromatic N) is 2. The average Bonchev–Trinajstić information content (AvgIpc) is 3.30. The Kier molecular flexibility index (Phi) is 5.81. The van der Waals surface area contributed by atoms with Crippen molar-refractivity contribution >= 4 is 28.9 Å². The van der Waals surface area contributed by atoms with Crippen LogP contribution in [0.25, 0.3) is 0 Å². The molecule has 6 nitrogen and oxygen atoms in total. The van der Waals surface area contributed by atoms with Crippen LogP contribution in [0.2, 0.25) is 0 Å². The van der Waals surface area contributed by atoms with Gasteiger partial charge in [0.15, 0.2) is 5.11 Å². The third kappa shape index (κ3) is 4.36. The SMILES string of the molecule is Cc1cccc(NC(=O)CCN2C(=S)N[C@@H](c3ccccn3)[C@H]2c2ccc(C)[nH]2)c1. The van der Waals surface area contributed by atoms with Crippen molar-refractivity contribution in [2.75, 3.05) is 11.9 Å². The number of amides is 1. The van der Waals surface area contributed by atoms with Crippen molar-refractivity contribution in [3.63, 3.8) is 0 Å². The lowest BCUT2D eigenvalue weighted by molar-refractivity contribution is -0.116. The molecule has 1 amide bonds. The van der Waals surface area contributed by atoms with Gasteiger partial charge < -0.3 is 20.5 Å². The van der Waals surface area contributed by atoms with E-state index in [4.69, 9.17) is 12.2 Å². The molecule has 1 aliphatic heterocycles. The van der Waals surface area contributed by atoms with Gasteiger partial charge in [0.05, 0.1) is 17.8 Å². The van der Waals surface area contributed by atoms with Gasteiger partial charge in [-0.25, -0.2) is 0 Å². The normalized spacial score (nSPS) is 18.3. The number of hydrogen-bond acceptors (Lipinski definition) is 3. The Balaban J connectivity index is 1.51. The Hall–Kier alpha value is -3.19. The van der Waals surface area contributed by atoms with Gasteiger partial charge >= 0.3 is 0 Å². The Labute approximate surface area is 181 Å². The van der Waals surface area contributed by atoms with E-state index in [1.165, 1.54) is 0 Å². The van der Waals surface area contributed by atoms with Crippen LogP contribution in [0.15, 0.2) is 60.8 Å². The van der Waals surface area contributed by atoms with Crippen LogP contribution in [0.5, 0.6) is 0 Å². The first-order chi connectivity index (χ1) is 14.5. The summed E-state index contributed by atoms with van der Waals surface area (Å²) in [7, 11) is 0. The third-order valence-electron chi connectivity index (χ3n) is 5.25. The zero-order valence-electron chi connectivity index (χ0n) is 17.1. The van der Waals surface area contributed by atoms with Gasteiger partial charge in [-0.1, -0.05) is 18.2 Å². The minimum atomic E-state index is -0.0865. The number of H-pyrrole nitrogens is 1. The first kappa shape index (κ1) is 20.1. The lowest BCUT2D eigenvalue weighted by Crippen LogP contribution is -2.32. The van der Waals surface area contributed by atoms with E-state index in [9.17, 15) is 4.79 Å². The topological polar surface area (TPSA) is 73.1 Å². The highest BCUT2D eigenvalue weighted by Gasteiger charge is 2.40. The number of aromatic amines is 1. The van der Waals surface area contributed by atoms with Crippen LogP contribution >= 0.6 is 12.2 Å². The van der Waals surface area contributed by atoms with Crippen molar-refractivity contribution in [3.8, 4) is 0 Å². The predicted molar refractivity (Wildman–Crippen MR) is 122 cm³/mol. The minimum Gasteiger partial charge on any atom is -0.361 e. The summed E-state index contributed by atoms with van der Waals surface area (Å²) >= 11 is 5.64. The number of pyridine rings is 1. The van der Waals surface area contributed by atoms with Crippen LogP contribution < -0.4 is 10.6 Å². The van der Waals surface area contributed by atoms with Gasteiger partial charge in [0.25, 0.3) is 0 Å².